The van der Waals surface area contributed by atoms with Gasteiger partial charge in [0.15, 0.2) is 0 Å². The summed E-state index contributed by atoms with van der Waals surface area (Å²) < 4.78 is 12.7. The summed E-state index contributed by atoms with van der Waals surface area (Å²) in [5, 5.41) is 0. The second kappa shape index (κ2) is 18.9. The molecule has 0 radical (unpaired) electrons. The molecule has 2 aromatic carbocycles. The van der Waals surface area contributed by atoms with Gasteiger partial charge in [-0.15, -0.1) is 0 Å². The van der Waals surface area contributed by atoms with Crippen molar-refractivity contribution in [3.63, 3.8) is 0 Å². The van der Waals surface area contributed by atoms with Crippen molar-refractivity contribution < 1.29 is 18.8 Å². The molecule has 0 aliphatic rings. The van der Waals surface area contributed by atoms with Crippen molar-refractivity contribution in [1.82, 2.24) is 0 Å². The number of esters is 1. The van der Waals surface area contributed by atoms with Crippen LogP contribution in [0.15, 0.2) is 54.6 Å². The van der Waals surface area contributed by atoms with Crippen molar-refractivity contribution in [3.05, 3.63) is 65.7 Å². The van der Waals surface area contributed by atoms with Crippen LogP contribution in [0, 0.1) is 5.92 Å². The number of carbonyl (C=O) groups is 1. The Balaban J connectivity index is 1.74. The van der Waals surface area contributed by atoms with Crippen LogP contribution in [-0.2, 0) is 22.5 Å². The Morgan fingerprint density at radius 2 is 1.33 bits per heavy atom. The molecule has 0 amide bonds. The van der Waals surface area contributed by atoms with E-state index < -0.39 is 6.29 Å². The van der Waals surface area contributed by atoms with E-state index in [-0.39, 0.29) is 11.9 Å². The molecule has 0 aliphatic carbocycles. The summed E-state index contributed by atoms with van der Waals surface area (Å²) in [5.41, 5.74) is 2.47. The van der Waals surface area contributed by atoms with Crippen LogP contribution >= 0.6 is 0 Å². The molecule has 0 fully saturated rings. The lowest BCUT2D eigenvalue weighted by Gasteiger charge is -2.33. The van der Waals surface area contributed by atoms with Crippen LogP contribution in [-0.4, -0.2) is 37.4 Å². The third kappa shape index (κ3) is 14.0. The molecule has 4 heteroatoms. The van der Waals surface area contributed by atoms with Crippen molar-refractivity contribution in [3.8, 4) is 5.75 Å². The van der Waals surface area contributed by atoms with Gasteiger partial charge < -0.3 is 14.0 Å². The van der Waals surface area contributed by atoms with E-state index in [1.807, 2.05) is 25.1 Å². The van der Waals surface area contributed by atoms with Gasteiger partial charge in [0.25, 0.3) is 0 Å². The molecule has 0 spiro atoms. The number of hydrogen-bond donors (Lipinski definition) is 0. The van der Waals surface area contributed by atoms with Gasteiger partial charge in [-0.05, 0) is 30.9 Å². The number of rotatable bonds is 21. The molecule has 4 nitrogen and oxygen atoms in total. The topological polar surface area (TPSA) is 35.5 Å². The van der Waals surface area contributed by atoms with E-state index in [4.69, 9.17) is 9.47 Å². The zero-order valence-corrected chi connectivity index (χ0v) is 25.6. The van der Waals surface area contributed by atoms with Crippen LogP contribution in [0.25, 0.3) is 0 Å². The minimum Gasteiger partial charge on any atom is -0.455 e. The van der Waals surface area contributed by atoms with Gasteiger partial charge in [-0.1, -0.05) is 127 Å². The summed E-state index contributed by atoms with van der Waals surface area (Å²) in [4.78, 5) is 13.1. The molecule has 0 aromatic heterocycles. The second-order valence-electron chi connectivity index (χ2n) is 11.9. The zero-order valence-electron chi connectivity index (χ0n) is 25.6. The van der Waals surface area contributed by atoms with Gasteiger partial charge in [0.05, 0.1) is 20.6 Å². The number of carbonyl (C=O) groups excluding carboxylic acids is 1. The summed E-state index contributed by atoms with van der Waals surface area (Å²) in [6.45, 7) is 7.77. The van der Waals surface area contributed by atoms with Gasteiger partial charge in [-0.2, -0.15) is 0 Å². The van der Waals surface area contributed by atoms with Gasteiger partial charge in [0.2, 0.25) is 6.29 Å². The lowest BCUT2D eigenvalue weighted by Crippen LogP contribution is -2.45. The molecule has 39 heavy (non-hydrogen) atoms. The molecule has 2 atom stereocenters. The summed E-state index contributed by atoms with van der Waals surface area (Å²) in [7, 11) is 4.35. The third-order valence-corrected chi connectivity index (χ3v) is 7.59. The molecule has 2 rings (SSSR count). The van der Waals surface area contributed by atoms with Gasteiger partial charge in [-0.25, -0.2) is 0 Å². The van der Waals surface area contributed by atoms with Crippen LogP contribution in [0.2, 0.25) is 0 Å². The fourth-order valence-electron chi connectivity index (χ4n) is 5.38. The van der Waals surface area contributed by atoms with E-state index in [9.17, 15) is 4.79 Å². The smallest absolute Gasteiger partial charge is 0.317 e. The minimum atomic E-state index is -0.616. The van der Waals surface area contributed by atoms with Crippen molar-refractivity contribution in [2.75, 3.05) is 20.6 Å². The van der Waals surface area contributed by atoms with Crippen molar-refractivity contribution in [2.24, 2.45) is 5.92 Å². The molecule has 0 bridgehead atoms. The average molecular weight is 539 g/mol. The molecule has 0 saturated heterocycles. The van der Waals surface area contributed by atoms with Gasteiger partial charge in [0.1, 0.15) is 18.2 Å². The molecule has 2 aromatic rings. The largest absolute Gasteiger partial charge is 0.455 e. The maximum atomic E-state index is 13.1. The predicted molar refractivity (Wildman–Crippen MR) is 164 cm³/mol. The first-order valence-corrected chi connectivity index (χ1v) is 15.7. The fraction of sp³-hybridized carbons (Fsp3) is 0.629. The second-order valence-corrected chi connectivity index (χ2v) is 11.9. The summed E-state index contributed by atoms with van der Waals surface area (Å²) in [6, 6.07) is 18.6. The SMILES string of the molecule is CCCCCCCCCCCCCc1ccccc1OC(C)OC(=O)C(CC)C[N+](C)(C)Cc1ccccc1. The number of unbranched alkanes of at least 4 members (excludes halogenated alkanes) is 10. The first-order valence-electron chi connectivity index (χ1n) is 15.7. The van der Waals surface area contributed by atoms with E-state index >= 15 is 0 Å². The molecule has 0 aliphatic heterocycles. The number of para-hydroxylation sites is 1. The van der Waals surface area contributed by atoms with E-state index in [0.717, 1.165) is 42.6 Å². The van der Waals surface area contributed by atoms with Gasteiger partial charge in [-0.3, -0.25) is 4.79 Å². The standard InChI is InChI=1S/C35H56NO3/c1-6-8-9-10-11-12-13-14-15-16-20-25-33-26-21-22-27-34(33)38-30(3)39-35(37)32(7-2)29-36(4,5)28-31-23-18-17-19-24-31/h17-19,21-24,26-27,30,32H,6-16,20,25,28-29H2,1-5H3/q+1. The predicted octanol–water partition coefficient (Wildman–Crippen LogP) is 9.11. The van der Waals surface area contributed by atoms with Crippen molar-refractivity contribution in [1.29, 1.82) is 0 Å². The molecule has 0 saturated carbocycles. The van der Waals surface area contributed by atoms with E-state index in [2.05, 4.69) is 64.3 Å². The molecular weight excluding hydrogens is 482 g/mol. The Hall–Kier alpha value is -2.33. The maximum absolute atomic E-state index is 13.1. The minimum absolute atomic E-state index is 0.165. The zero-order chi connectivity index (χ0) is 28.3. The van der Waals surface area contributed by atoms with Gasteiger partial charge >= 0.3 is 5.97 Å². The Kier molecular flexibility index (Phi) is 15.9. The molecule has 218 valence electrons. The normalized spacial score (nSPS) is 13.2. The lowest BCUT2D eigenvalue weighted by atomic mass is 10.0. The first kappa shape index (κ1) is 32.9. The summed E-state index contributed by atoms with van der Waals surface area (Å²) >= 11 is 0. The Labute approximate surface area is 239 Å². The Morgan fingerprint density at radius 3 is 1.95 bits per heavy atom. The first-order chi connectivity index (χ1) is 18.8. The average Bonchev–Trinajstić information content (AvgIpc) is 2.91. The number of quaternary nitrogens is 1. The number of ether oxygens (including phenoxy) is 2. The van der Waals surface area contributed by atoms with Crippen molar-refractivity contribution in [2.45, 2.75) is 117 Å². The Bertz CT molecular complexity index is 911. The van der Waals surface area contributed by atoms with E-state index in [1.54, 1.807) is 0 Å². The number of nitrogens with zero attached hydrogens (tertiary/aromatic N) is 1. The molecular formula is C35H56NO3+. The van der Waals surface area contributed by atoms with E-state index in [0.29, 0.717) is 0 Å². The molecule has 2 unspecified atom stereocenters. The Morgan fingerprint density at radius 1 is 0.769 bits per heavy atom. The van der Waals surface area contributed by atoms with E-state index in [1.165, 1.54) is 75.3 Å². The summed E-state index contributed by atoms with van der Waals surface area (Å²) in [6.07, 6.45) is 15.9. The monoisotopic (exact) mass is 538 g/mol. The highest BCUT2D eigenvalue weighted by Crippen LogP contribution is 2.23. The van der Waals surface area contributed by atoms with Crippen LogP contribution in [0.1, 0.15) is 109 Å². The number of aryl methyl sites for hydroxylation is 1. The van der Waals surface area contributed by atoms with Crippen LogP contribution in [0.5, 0.6) is 5.75 Å². The molecule has 0 heterocycles. The number of benzene rings is 2. The lowest BCUT2D eigenvalue weighted by molar-refractivity contribution is -0.906. The number of hydrogen-bond acceptors (Lipinski definition) is 3. The summed E-state index contributed by atoms with van der Waals surface area (Å²) in [5.74, 6) is 0.492. The van der Waals surface area contributed by atoms with Crippen LogP contribution in [0.4, 0.5) is 0 Å². The fourth-order valence-corrected chi connectivity index (χ4v) is 5.38. The van der Waals surface area contributed by atoms with Crippen molar-refractivity contribution >= 4 is 5.97 Å². The highest BCUT2D eigenvalue weighted by molar-refractivity contribution is 5.72. The third-order valence-electron chi connectivity index (χ3n) is 7.59. The van der Waals surface area contributed by atoms with Crippen LogP contribution in [0.3, 0.4) is 0 Å². The highest BCUT2D eigenvalue weighted by atomic mass is 16.7. The highest BCUT2D eigenvalue weighted by Gasteiger charge is 2.29. The quantitative estimate of drug-likeness (QED) is 0.0688. The molecule has 0 N–H and O–H groups in total. The maximum Gasteiger partial charge on any atom is 0.317 e. The van der Waals surface area contributed by atoms with Crippen LogP contribution < -0.4 is 4.74 Å². The van der Waals surface area contributed by atoms with Gasteiger partial charge in [0, 0.05) is 12.5 Å².